The van der Waals surface area contributed by atoms with Gasteiger partial charge in [-0.25, -0.2) is 4.39 Å². The van der Waals surface area contributed by atoms with Gasteiger partial charge in [-0.15, -0.1) is 0 Å². The maximum Gasteiger partial charge on any atom is 0.435 e. The van der Waals surface area contributed by atoms with Gasteiger partial charge in [0.2, 0.25) is 5.82 Å². The molecule has 0 heterocycles. The zero-order chi connectivity index (χ0) is 26.2. The van der Waals surface area contributed by atoms with Crippen molar-refractivity contribution in [3.63, 3.8) is 0 Å². The molecule has 2 aromatic carbocycles. The Morgan fingerprint density at radius 3 is 2.09 bits per heavy atom. The molecule has 0 aliphatic rings. The molecule has 17 heteroatoms. The number of carbonyl (C=O) groups excluding carboxylic acids is 1. The molecule has 0 fully saturated rings. The molecule has 2 aromatic rings. The molecule has 0 unspecified atom stereocenters. The first-order chi connectivity index (χ1) is 15.4. The number of ether oxygens (including phenoxy) is 1. The van der Waals surface area contributed by atoms with Crippen molar-refractivity contribution in [3.8, 4) is 5.75 Å². The van der Waals surface area contributed by atoms with Crippen molar-refractivity contribution in [1.82, 2.24) is 0 Å². The van der Waals surface area contributed by atoms with Crippen LogP contribution >= 0.6 is 11.6 Å². The number of carbonyl (C=O) groups is 1. The minimum Gasteiger partial charge on any atom is -0.433 e. The van der Waals surface area contributed by atoms with Gasteiger partial charge in [0.05, 0.1) is 15.5 Å². The average molecular weight is 529 g/mol. The quantitative estimate of drug-likeness (QED) is 0.263. The largest absolute Gasteiger partial charge is 0.435 e. The van der Waals surface area contributed by atoms with Crippen LogP contribution in [-0.4, -0.2) is 29.8 Å². The molecule has 1 amide bonds. The van der Waals surface area contributed by atoms with Gasteiger partial charge in [0.25, 0.3) is 5.91 Å². The van der Waals surface area contributed by atoms with Gasteiger partial charge in [0.15, 0.2) is 5.75 Å². The Morgan fingerprint density at radius 2 is 1.62 bits per heavy atom. The zero-order valence-corrected chi connectivity index (χ0v) is 16.5. The van der Waals surface area contributed by atoms with Crippen LogP contribution in [0.3, 0.4) is 0 Å². The fraction of sp³-hybridized carbons (Fsp3) is 0.235. The van der Waals surface area contributed by atoms with E-state index >= 15 is 0 Å². The second-order valence-corrected chi connectivity index (χ2v) is 6.62. The monoisotopic (exact) mass is 528 g/mol. The number of hydrogen-bond donors (Lipinski definition) is 1. The highest BCUT2D eigenvalue weighted by molar-refractivity contribution is 6.34. The van der Waals surface area contributed by atoms with Crippen molar-refractivity contribution in [1.29, 1.82) is 0 Å². The molecule has 0 saturated carbocycles. The van der Waals surface area contributed by atoms with E-state index in [9.17, 15) is 58.8 Å². The van der Waals surface area contributed by atoms with Gasteiger partial charge < -0.3 is 10.1 Å². The van der Waals surface area contributed by atoms with E-state index in [1.54, 1.807) is 5.32 Å². The molecule has 1 N–H and O–H groups in total. The summed E-state index contributed by atoms with van der Waals surface area (Å²) in [5.41, 5.74) is -11.9. The molecular weight excluding hydrogens is 522 g/mol. The second kappa shape index (κ2) is 9.15. The topological polar surface area (TPSA) is 81.5 Å². The van der Waals surface area contributed by atoms with E-state index in [1.165, 1.54) is 0 Å². The minimum atomic E-state index is -6.63. The normalized spacial score (nSPS) is 12.6. The van der Waals surface area contributed by atoms with Crippen molar-refractivity contribution in [2.75, 3.05) is 5.32 Å². The summed E-state index contributed by atoms with van der Waals surface area (Å²) in [5, 5.41) is 11.0. The molecule has 34 heavy (non-hydrogen) atoms. The number of alkyl halides is 9. The Bertz CT molecular complexity index is 1110. The molecular formula is C17H7ClF10N2O4. The molecule has 6 nitrogen and oxygen atoms in total. The lowest BCUT2D eigenvalue weighted by Gasteiger charge is -2.31. The van der Waals surface area contributed by atoms with Gasteiger partial charge >= 0.3 is 30.3 Å². The smallest absolute Gasteiger partial charge is 0.433 e. The van der Waals surface area contributed by atoms with E-state index in [0.29, 0.717) is 12.1 Å². The highest BCUT2D eigenvalue weighted by Crippen LogP contribution is 2.55. The van der Waals surface area contributed by atoms with Gasteiger partial charge in [-0.2, -0.15) is 39.5 Å². The number of rotatable bonds is 6. The van der Waals surface area contributed by atoms with Crippen LogP contribution in [0.15, 0.2) is 30.3 Å². The van der Waals surface area contributed by atoms with Crippen LogP contribution in [0.1, 0.15) is 15.9 Å². The summed E-state index contributed by atoms with van der Waals surface area (Å²) in [4.78, 5) is 21.8. The number of benzene rings is 2. The first-order valence-corrected chi connectivity index (χ1v) is 8.65. The fourth-order valence-corrected chi connectivity index (χ4v) is 2.85. The number of nitro groups is 1. The van der Waals surface area contributed by atoms with Gasteiger partial charge in [-0.1, -0.05) is 17.7 Å². The summed E-state index contributed by atoms with van der Waals surface area (Å²) >= 11 is 5.53. The summed E-state index contributed by atoms with van der Waals surface area (Å²) in [6.45, 7) is -3.91. The molecule has 0 aliphatic carbocycles. The predicted molar refractivity (Wildman–Crippen MR) is 94.0 cm³/mol. The molecule has 0 spiro atoms. The molecule has 0 radical (unpaired) electrons. The Kier molecular flexibility index (Phi) is 7.25. The van der Waals surface area contributed by atoms with Gasteiger partial charge in [-0.3, -0.25) is 14.9 Å². The minimum absolute atomic E-state index is 0.264. The van der Waals surface area contributed by atoms with E-state index in [0.717, 1.165) is 6.07 Å². The summed E-state index contributed by atoms with van der Waals surface area (Å²) < 4.78 is 136. The molecule has 0 aromatic heterocycles. The highest BCUT2D eigenvalue weighted by atomic mass is 35.5. The van der Waals surface area contributed by atoms with E-state index < -0.39 is 80.6 Å². The molecule has 186 valence electrons. The Morgan fingerprint density at radius 1 is 1.06 bits per heavy atom. The second-order valence-electron chi connectivity index (χ2n) is 6.21. The third-order valence-corrected chi connectivity index (χ3v) is 4.41. The molecule has 0 saturated heterocycles. The Balaban J connectivity index is 2.66. The van der Waals surface area contributed by atoms with E-state index in [4.69, 9.17) is 11.6 Å². The van der Waals surface area contributed by atoms with Crippen LogP contribution in [0, 0.1) is 15.9 Å². The lowest BCUT2D eigenvalue weighted by molar-refractivity contribution is -0.387. The highest BCUT2D eigenvalue weighted by Gasteiger charge is 2.73. The number of halogens is 11. The van der Waals surface area contributed by atoms with Crippen molar-refractivity contribution in [3.05, 3.63) is 62.4 Å². The molecule has 0 aliphatic heterocycles. The summed E-state index contributed by atoms with van der Waals surface area (Å²) in [6, 6.07) is 1.46. The van der Waals surface area contributed by atoms with Gasteiger partial charge in [0, 0.05) is 11.6 Å². The third kappa shape index (κ3) is 4.95. The van der Waals surface area contributed by atoms with Crippen molar-refractivity contribution in [2.45, 2.75) is 24.6 Å². The average Bonchev–Trinajstić information content (AvgIpc) is 2.67. The molecule has 0 atom stereocenters. The third-order valence-electron chi connectivity index (χ3n) is 4.11. The van der Waals surface area contributed by atoms with Crippen molar-refractivity contribution >= 4 is 28.9 Å². The molecule has 2 rings (SSSR count). The number of amides is 1. The maximum absolute atomic E-state index is 14.3. The van der Waals surface area contributed by atoms with Gasteiger partial charge in [-0.05, 0) is 18.2 Å². The Hall–Kier alpha value is -3.30. The van der Waals surface area contributed by atoms with Crippen LogP contribution in [0.5, 0.6) is 5.75 Å². The summed E-state index contributed by atoms with van der Waals surface area (Å²) in [7, 11) is 0. The van der Waals surface area contributed by atoms with E-state index in [1.807, 2.05) is 0 Å². The van der Waals surface area contributed by atoms with E-state index in [-0.39, 0.29) is 6.07 Å². The number of nitro benzene ring substituents is 1. The van der Waals surface area contributed by atoms with Crippen molar-refractivity contribution < 1.29 is 58.4 Å². The lowest BCUT2D eigenvalue weighted by atomic mass is 9.93. The number of nitrogens with zero attached hydrogens (tertiary/aromatic N) is 1. The summed E-state index contributed by atoms with van der Waals surface area (Å²) in [6.07, 6.45) is -13.3. The van der Waals surface area contributed by atoms with Crippen LogP contribution in [0.25, 0.3) is 0 Å². The van der Waals surface area contributed by atoms with Crippen LogP contribution in [-0.2, 0) is 5.67 Å². The van der Waals surface area contributed by atoms with Crippen LogP contribution in [0.2, 0.25) is 5.02 Å². The number of anilines is 1. The SMILES string of the molecule is O=C(Nc1c(Cl)cc(C(F)(C(F)(F)F)C(F)(F)F)cc1OC(F)F)c1cccc([N+](=O)[O-])c1F. The number of hydrogen-bond acceptors (Lipinski definition) is 4. The fourth-order valence-electron chi connectivity index (χ4n) is 2.60. The zero-order valence-electron chi connectivity index (χ0n) is 15.7. The van der Waals surface area contributed by atoms with Crippen LogP contribution < -0.4 is 10.1 Å². The standard InChI is InChI=1S/C17H7ClF10N2O4/c18-8-4-6(15(22,16(23,24)25)17(26,27)28)5-10(34-14(20)21)12(8)29-13(31)7-2-1-3-9(11(7)19)30(32)33/h1-5,14H,(H,29,31). The van der Waals surface area contributed by atoms with Crippen LogP contribution in [0.4, 0.5) is 55.3 Å². The Labute approximate surface area is 186 Å². The number of nitrogens with one attached hydrogen (secondary N) is 1. The predicted octanol–water partition coefficient (Wildman–Crippen LogP) is 6.53. The summed E-state index contributed by atoms with van der Waals surface area (Å²) in [5.74, 6) is -5.01. The maximum atomic E-state index is 14.3. The van der Waals surface area contributed by atoms with Gasteiger partial charge in [0.1, 0.15) is 5.69 Å². The first-order valence-electron chi connectivity index (χ1n) is 8.27. The van der Waals surface area contributed by atoms with E-state index in [2.05, 4.69) is 4.74 Å². The first kappa shape index (κ1) is 26.9. The molecule has 0 bridgehead atoms. The lowest BCUT2D eigenvalue weighted by Crippen LogP contribution is -2.50. The van der Waals surface area contributed by atoms with Crippen molar-refractivity contribution in [2.24, 2.45) is 0 Å².